The van der Waals surface area contributed by atoms with Gasteiger partial charge in [0, 0.05) is 17.1 Å². The zero-order valence-electron chi connectivity index (χ0n) is 11.5. The van der Waals surface area contributed by atoms with Gasteiger partial charge in [-0.05, 0) is 43.3 Å². The van der Waals surface area contributed by atoms with E-state index in [1.54, 1.807) is 0 Å². The Hall–Kier alpha value is -2.54. The minimum absolute atomic E-state index is 0. The van der Waals surface area contributed by atoms with Gasteiger partial charge in [-0.25, -0.2) is 0 Å². The topological polar surface area (TPSA) is 3.24 Å². The van der Waals surface area contributed by atoms with Crippen molar-refractivity contribution in [2.75, 3.05) is 4.90 Å². The zero-order chi connectivity index (χ0) is 13.8. The van der Waals surface area contributed by atoms with Crippen molar-refractivity contribution in [3.63, 3.8) is 0 Å². The van der Waals surface area contributed by atoms with E-state index in [1.165, 1.54) is 22.6 Å². The molecular weight excluding hydrogens is 278 g/mol. The third kappa shape index (κ3) is 4.72. The molecule has 0 unspecified atom stereocenters. The summed E-state index contributed by atoms with van der Waals surface area (Å²) in [4.78, 5) is 2.26. The van der Waals surface area contributed by atoms with Gasteiger partial charge in [-0.2, -0.15) is 0 Å². The lowest BCUT2D eigenvalue weighted by Gasteiger charge is -2.25. The van der Waals surface area contributed by atoms with Crippen LogP contribution in [0.1, 0.15) is 27.8 Å². The lowest BCUT2D eigenvalue weighted by atomic mass is 10.1. The van der Waals surface area contributed by atoms with E-state index in [9.17, 15) is 0 Å². The molecule has 0 aliphatic rings. The molecule has 0 amide bonds. The molecule has 0 N–H and O–H groups in total. The van der Waals surface area contributed by atoms with Gasteiger partial charge in [-0.1, -0.05) is 76.4 Å². The number of nitrogens with zero attached hydrogens (tertiary/aromatic N) is 1. The van der Waals surface area contributed by atoms with Crippen LogP contribution in [0.5, 0.6) is 0 Å². The number of anilines is 3. The summed E-state index contributed by atoms with van der Waals surface area (Å²) in [5, 5.41) is 0. The number of para-hydroxylation sites is 2. The number of rotatable bonds is 3. The van der Waals surface area contributed by atoms with Crippen LogP contribution in [0.25, 0.3) is 0 Å². The molecule has 0 spiro atoms. The largest absolute Gasteiger partial charge is 0.311 e. The zero-order valence-corrected chi connectivity index (χ0v) is 11.5. The van der Waals surface area contributed by atoms with Crippen LogP contribution in [0.4, 0.5) is 17.1 Å². The number of benzene rings is 3. The van der Waals surface area contributed by atoms with Crippen LogP contribution < -0.4 is 4.90 Å². The van der Waals surface area contributed by atoms with E-state index in [0.717, 1.165) is 0 Å². The van der Waals surface area contributed by atoms with E-state index >= 15 is 0 Å². The fraction of sp³-hybridized carbons (Fsp3) is 0.182. The molecule has 0 bridgehead atoms. The first-order valence-electron chi connectivity index (χ1n) is 6.81. The number of aryl methyl sites for hydroxylation is 1. The molecule has 122 valence electrons. The molecular formula is C22H29N. The first-order valence-corrected chi connectivity index (χ1v) is 6.81. The first-order chi connectivity index (χ1) is 9.84. The van der Waals surface area contributed by atoms with Gasteiger partial charge < -0.3 is 4.90 Å². The van der Waals surface area contributed by atoms with Gasteiger partial charge in [-0.3, -0.25) is 0 Å². The molecule has 0 aliphatic heterocycles. The van der Waals surface area contributed by atoms with E-state index in [4.69, 9.17) is 0 Å². The van der Waals surface area contributed by atoms with Crippen molar-refractivity contribution in [2.45, 2.75) is 29.2 Å². The molecule has 0 radical (unpaired) electrons. The van der Waals surface area contributed by atoms with E-state index in [0.29, 0.717) is 0 Å². The van der Waals surface area contributed by atoms with Gasteiger partial charge in [-0.15, -0.1) is 0 Å². The molecule has 0 aromatic heterocycles. The summed E-state index contributed by atoms with van der Waals surface area (Å²) in [7, 11) is 0. The molecule has 3 rings (SSSR count). The average Bonchev–Trinajstić information content (AvgIpc) is 2.52. The van der Waals surface area contributed by atoms with Gasteiger partial charge in [0.1, 0.15) is 0 Å². The monoisotopic (exact) mass is 307 g/mol. The Morgan fingerprint density at radius 3 is 1.22 bits per heavy atom. The van der Waals surface area contributed by atoms with Crippen molar-refractivity contribution < 1.29 is 0 Å². The molecule has 0 aliphatic carbocycles. The summed E-state index contributed by atoms with van der Waals surface area (Å²) in [6, 6.07) is 29.5. The standard InChI is InChI=1S/C19H17N.3CH4/c1-16-12-14-19(15-13-16)20(17-8-4-2-5-9-17)18-10-6-3-7-11-18;;;/h2-15H,1H3;3*1H4. The van der Waals surface area contributed by atoms with Crippen molar-refractivity contribution in [3.8, 4) is 0 Å². The van der Waals surface area contributed by atoms with E-state index < -0.39 is 0 Å². The minimum Gasteiger partial charge on any atom is -0.311 e. The summed E-state index contributed by atoms with van der Waals surface area (Å²) in [5.74, 6) is 0. The second-order valence-corrected chi connectivity index (χ2v) is 4.84. The molecule has 0 fully saturated rings. The van der Waals surface area contributed by atoms with E-state index in [-0.39, 0.29) is 22.3 Å². The summed E-state index contributed by atoms with van der Waals surface area (Å²) < 4.78 is 0. The molecule has 0 heterocycles. The minimum atomic E-state index is 0. The Kier molecular flexibility index (Phi) is 8.43. The lowest BCUT2D eigenvalue weighted by Crippen LogP contribution is -2.09. The van der Waals surface area contributed by atoms with Crippen molar-refractivity contribution in [1.82, 2.24) is 0 Å². The average molecular weight is 307 g/mol. The second-order valence-electron chi connectivity index (χ2n) is 4.84. The molecule has 23 heavy (non-hydrogen) atoms. The summed E-state index contributed by atoms with van der Waals surface area (Å²) in [6.45, 7) is 2.11. The van der Waals surface area contributed by atoms with Crippen LogP contribution in [-0.4, -0.2) is 0 Å². The Morgan fingerprint density at radius 2 is 0.826 bits per heavy atom. The molecule has 1 heteroatoms. The Labute approximate surface area is 142 Å². The lowest BCUT2D eigenvalue weighted by molar-refractivity contribution is 1.27. The Morgan fingerprint density at radius 1 is 0.478 bits per heavy atom. The fourth-order valence-corrected chi connectivity index (χ4v) is 2.30. The maximum atomic E-state index is 2.26. The van der Waals surface area contributed by atoms with Gasteiger partial charge in [0.25, 0.3) is 0 Å². The molecule has 0 saturated heterocycles. The van der Waals surface area contributed by atoms with Crippen LogP contribution in [0, 0.1) is 6.92 Å². The molecule has 3 aromatic rings. The smallest absolute Gasteiger partial charge is 0.0461 e. The highest BCUT2D eigenvalue weighted by molar-refractivity contribution is 5.76. The molecule has 1 nitrogen and oxygen atoms in total. The third-order valence-electron chi connectivity index (χ3n) is 3.32. The van der Waals surface area contributed by atoms with Gasteiger partial charge >= 0.3 is 0 Å². The van der Waals surface area contributed by atoms with Crippen molar-refractivity contribution in [3.05, 3.63) is 90.5 Å². The van der Waals surface area contributed by atoms with Crippen LogP contribution in [0.15, 0.2) is 84.9 Å². The number of hydrogen-bond donors (Lipinski definition) is 0. The maximum absolute atomic E-state index is 2.26. The van der Waals surface area contributed by atoms with Crippen molar-refractivity contribution in [1.29, 1.82) is 0 Å². The maximum Gasteiger partial charge on any atom is 0.0461 e. The van der Waals surface area contributed by atoms with Gasteiger partial charge in [0.2, 0.25) is 0 Å². The highest BCUT2D eigenvalue weighted by Crippen LogP contribution is 2.33. The van der Waals surface area contributed by atoms with Crippen molar-refractivity contribution >= 4 is 17.1 Å². The Bertz CT molecular complexity index is 618. The van der Waals surface area contributed by atoms with Crippen LogP contribution in [0.2, 0.25) is 0 Å². The first kappa shape index (κ1) is 20.5. The molecule has 3 aromatic carbocycles. The van der Waals surface area contributed by atoms with E-state index in [1.807, 2.05) is 12.1 Å². The number of hydrogen-bond acceptors (Lipinski definition) is 1. The van der Waals surface area contributed by atoms with Crippen molar-refractivity contribution in [2.24, 2.45) is 0 Å². The van der Waals surface area contributed by atoms with Crippen LogP contribution in [0.3, 0.4) is 0 Å². The third-order valence-corrected chi connectivity index (χ3v) is 3.32. The highest BCUT2D eigenvalue weighted by atomic mass is 15.1. The predicted molar refractivity (Wildman–Crippen MR) is 106 cm³/mol. The van der Waals surface area contributed by atoms with E-state index in [2.05, 4.69) is 84.6 Å². The van der Waals surface area contributed by atoms with Gasteiger partial charge in [0.05, 0.1) is 0 Å². The summed E-state index contributed by atoms with van der Waals surface area (Å²) >= 11 is 0. The normalized spacial score (nSPS) is 8.91. The molecule has 0 saturated carbocycles. The fourth-order valence-electron chi connectivity index (χ4n) is 2.30. The highest BCUT2D eigenvalue weighted by Gasteiger charge is 2.10. The Balaban J connectivity index is 0.00000161. The second kappa shape index (κ2) is 9.47. The quantitative estimate of drug-likeness (QED) is 0.488. The SMILES string of the molecule is C.C.C.Cc1ccc(N(c2ccccc2)c2ccccc2)cc1. The predicted octanol–water partition coefficient (Wildman–Crippen LogP) is 7.37. The summed E-state index contributed by atoms with van der Waals surface area (Å²) in [5.41, 5.74) is 4.79. The molecule has 0 atom stereocenters. The van der Waals surface area contributed by atoms with Crippen LogP contribution in [-0.2, 0) is 0 Å². The van der Waals surface area contributed by atoms with Gasteiger partial charge in [0.15, 0.2) is 0 Å². The van der Waals surface area contributed by atoms with Crippen LogP contribution >= 0.6 is 0 Å². The summed E-state index contributed by atoms with van der Waals surface area (Å²) in [6.07, 6.45) is 0.